The fourth-order valence-electron chi connectivity index (χ4n) is 2.70. The van der Waals surface area contributed by atoms with Crippen molar-refractivity contribution < 1.29 is 33.7 Å². The lowest BCUT2D eigenvalue weighted by atomic mass is 9.75. The summed E-state index contributed by atoms with van der Waals surface area (Å²) >= 11 is 0. The van der Waals surface area contributed by atoms with E-state index in [2.05, 4.69) is 0 Å². The van der Waals surface area contributed by atoms with Crippen LogP contribution >= 0.6 is 0 Å². The number of aliphatic carboxylic acids is 1. The number of carbonyl (C=O) groups is 2. The molecule has 0 spiro atoms. The molecule has 0 heterocycles. The highest BCUT2D eigenvalue weighted by molar-refractivity contribution is 5.91. The molecule has 0 radical (unpaired) electrons. The van der Waals surface area contributed by atoms with Gasteiger partial charge >= 0.3 is 11.9 Å². The van der Waals surface area contributed by atoms with Gasteiger partial charge in [0.2, 0.25) is 0 Å². The van der Waals surface area contributed by atoms with Gasteiger partial charge in [0, 0.05) is 12.1 Å². The molecular formula is C16H19FO6. The van der Waals surface area contributed by atoms with Crippen molar-refractivity contribution in [1.29, 1.82) is 0 Å². The summed E-state index contributed by atoms with van der Waals surface area (Å²) < 4.78 is 24.4. The molecule has 1 fully saturated rings. The van der Waals surface area contributed by atoms with Crippen LogP contribution in [0.25, 0.3) is 0 Å². The Hall–Kier alpha value is -2.31. The average Bonchev–Trinajstić information content (AvgIpc) is 2.50. The van der Waals surface area contributed by atoms with Crippen molar-refractivity contribution in [3.8, 4) is 11.5 Å². The van der Waals surface area contributed by atoms with Crippen LogP contribution in [0, 0.1) is 11.2 Å². The molecule has 7 heteroatoms. The third kappa shape index (κ3) is 3.55. The molecule has 0 atom stereocenters. The molecule has 2 N–H and O–H groups in total. The first-order chi connectivity index (χ1) is 10.8. The Bertz CT molecular complexity index is 619. The highest BCUT2D eigenvalue weighted by atomic mass is 19.1. The lowest BCUT2D eigenvalue weighted by Gasteiger charge is -2.34. The van der Waals surface area contributed by atoms with Crippen molar-refractivity contribution in [2.24, 2.45) is 5.41 Å². The fourth-order valence-corrected chi connectivity index (χ4v) is 2.70. The number of methoxy groups -OCH3 is 1. The molecule has 0 bridgehead atoms. The minimum absolute atomic E-state index is 0.0792. The summed E-state index contributed by atoms with van der Waals surface area (Å²) in [6, 6.07) is 2.07. The first-order valence-corrected chi connectivity index (χ1v) is 7.27. The molecule has 2 rings (SSSR count). The van der Waals surface area contributed by atoms with Crippen LogP contribution in [0.5, 0.6) is 11.5 Å². The molecule has 1 aliphatic carbocycles. The van der Waals surface area contributed by atoms with Gasteiger partial charge in [0.1, 0.15) is 11.3 Å². The summed E-state index contributed by atoms with van der Waals surface area (Å²) in [7, 11) is 1.26. The number of hydrogen-bond donors (Lipinski definition) is 2. The van der Waals surface area contributed by atoms with Gasteiger partial charge in [0.25, 0.3) is 0 Å². The zero-order valence-electron chi connectivity index (χ0n) is 13.0. The van der Waals surface area contributed by atoms with Gasteiger partial charge in [-0.15, -0.1) is 0 Å². The minimum atomic E-state index is -1.24. The van der Waals surface area contributed by atoms with E-state index in [-0.39, 0.29) is 23.2 Å². The monoisotopic (exact) mass is 326 g/mol. The number of carboxylic acid groups (broad SMARTS) is 2. The number of ether oxygens (including phenoxy) is 2. The molecule has 1 aromatic carbocycles. The Balaban J connectivity index is 2.14. The quantitative estimate of drug-likeness (QED) is 0.864. The molecule has 6 nitrogen and oxygen atoms in total. The second kappa shape index (κ2) is 6.44. The second-order valence-corrected chi connectivity index (χ2v) is 5.97. The van der Waals surface area contributed by atoms with Crippen LogP contribution in [0.1, 0.15) is 43.0 Å². The molecule has 126 valence electrons. The summed E-state index contributed by atoms with van der Waals surface area (Å²) in [5.41, 5.74) is -0.972. The van der Waals surface area contributed by atoms with Crippen molar-refractivity contribution in [2.45, 2.75) is 38.7 Å². The van der Waals surface area contributed by atoms with Crippen LogP contribution in [0.4, 0.5) is 4.39 Å². The van der Waals surface area contributed by atoms with Crippen molar-refractivity contribution in [2.75, 3.05) is 7.11 Å². The molecule has 23 heavy (non-hydrogen) atoms. The summed E-state index contributed by atoms with van der Waals surface area (Å²) in [6.07, 6.45) is 1.45. The highest BCUT2D eigenvalue weighted by Crippen LogP contribution is 2.38. The summed E-state index contributed by atoms with van der Waals surface area (Å²) in [5, 5.41) is 18.3. The molecule has 0 aliphatic heterocycles. The van der Waals surface area contributed by atoms with E-state index >= 15 is 0 Å². The smallest absolute Gasteiger partial charge is 0.339 e. The van der Waals surface area contributed by atoms with E-state index in [9.17, 15) is 19.1 Å². The van der Waals surface area contributed by atoms with Crippen LogP contribution in [0.3, 0.4) is 0 Å². The van der Waals surface area contributed by atoms with E-state index < -0.39 is 23.2 Å². The van der Waals surface area contributed by atoms with Crippen molar-refractivity contribution >= 4 is 11.9 Å². The van der Waals surface area contributed by atoms with Gasteiger partial charge in [-0.3, -0.25) is 4.79 Å². The van der Waals surface area contributed by atoms with Crippen LogP contribution < -0.4 is 9.47 Å². The normalized spacial score (nSPS) is 24.0. The Labute approximate surface area is 132 Å². The summed E-state index contributed by atoms with van der Waals surface area (Å²) in [4.78, 5) is 22.4. The molecule has 1 saturated carbocycles. The van der Waals surface area contributed by atoms with E-state index in [4.69, 9.17) is 14.6 Å². The van der Waals surface area contributed by atoms with Crippen LogP contribution in [-0.2, 0) is 4.79 Å². The lowest BCUT2D eigenvalue weighted by molar-refractivity contribution is -0.150. The van der Waals surface area contributed by atoms with Gasteiger partial charge in [-0.25, -0.2) is 9.18 Å². The van der Waals surface area contributed by atoms with Gasteiger partial charge in [0.15, 0.2) is 11.6 Å². The number of hydrogen-bond acceptors (Lipinski definition) is 4. The molecule has 1 aromatic rings. The zero-order chi connectivity index (χ0) is 17.2. The van der Waals surface area contributed by atoms with E-state index in [1.54, 1.807) is 6.92 Å². The predicted molar refractivity (Wildman–Crippen MR) is 78.5 cm³/mol. The van der Waals surface area contributed by atoms with Crippen LogP contribution in [0.2, 0.25) is 0 Å². The second-order valence-electron chi connectivity index (χ2n) is 5.97. The standard InChI is InChI=1S/C16H19FO6/c1-16(15(20)21)5-3-9(4-6-16)23-13-7-10(14(18)19)12(22-2)8-11(13)17/h7-9H,3-6H2,1-2H3,(H,18,19)(H,20,21). The maximum atomic E-state index is 14.0. The Morgan fingerprint density at radius 2 is 1.83 bits per heavy atom. The maximum absolute atomic E-state index is 14.0. The SMILES string of the molecule is COc1cc(F)c(OC2CCC(C)(C(=O)O)CC2)cc1C(=O)O. The predicted octanol–water partition coefficient (Wildman–Crippen LogP) is 2.94. The third-order valence-corrected chi connectivity index (χ3v) is 4.33. The Morgan fingerprint density at radius 1 is 1.22 bits per heavy atom. The molecule has 0 amide bonds. The Morgan fingerprint density at radius 3 is 2.30 bits per heavy atom. The van der Waals surface area contributed by atoms with Gasteiger partial charge in [0.05, 0.1) is 18.6 Å². The molecule has 0 aromatic heterocycles. The van der Waals surface area contributed by atoms with E-state index in [1.165, 1.54) is 7.11 Å². The molecule has 0 unspecified atom stereocenters. The van der Waals surface area contributed by atoms with Gasteiger partial charge in [-0.1, -0.05) is 0 Å². The van der Waals surface area contributed by atoms with Gasteiger partial charge < -0.3 is 19.7 Å². The summed E-state index contributed by atoms with van der Waals surface area (Å²) in [6.45, 7) is 1.68. The molecular weight excluding hydrogens is 307 g/mol. The van der Waals surface area contributed by atoms with E-state index in [0.717, 1.165) is 12.1 Å². The van der Waals surface area contributed by atoms with Crippen molar-refractivity contribution in [3.05, 3.63) is 23.5 Å². The average molecular weight is 326 g/mol. The first-order valence-electron chi connectivity index (χ1n) is 7.27. The van der Waals surface area contributed by atoms with Gasteiger partial charge in [-0.05, 0) is 32.6 Å². The molecule has 1 aliphatic rings. The van der Waals surface area contributed by atoms with Crippen molar-refractivity contribution in [1.82, 2.24) is 0 Å². The minimum Gasteiger partial charge on any atom is -0.496 e. The maximum Gasteiger partial charge on any atom is 0.339 e. The molecule has 0 saturated heterocycles. The first kappa shape index (κ1) is 17.1. The van der Waals surface area contributed by atoms with E-state index in [1.807, 2.05) is 0 Å². The highest BCUT2D eigenvalue weighted by Gasteiger charge is 2.38. The number of benzene rings is 1. The lowest BCUT2D eigenvalue weighted by Crippen LogP contribution is -2.36. The number of carboxylic acids is 2. The third-order valence-electron chi connectivity index (χ3n) is 4.33. The van der Waals surface area contributed by atoms with Crippen LogP contribution in [-0.4, -0.2) is 35.4 Å². The number of aromatic carboxylic acids is 1. The van der Waals surface area contributed by atoms with E-state index in [0.29, 0.717) is 25.7 Å². The Kier molecular flexibility index (Phi) is 4.77. The van der Waals surface area contributed by atoms with Crippen molar-refractivity contribution in [3.63, 3.8) is 0 Å². The zero-order valence-corrected chi connectivity index (χ0v) is 13.0. The number of halogens is 1. The fraction of sp³-hybridized carbons (Fsp3) is 0.500. The van der Waals surface area contributed by atoms with Crippen LogP contribution in [0.15, 0.2) is 12.1 Å². The summed E-state index contributed by atoms with van der Waals surface area (Å²) in [5.74, 6) is -3.04. The number of rotatable bonds is 5. The largest absolute Gasteiger partial charge is 0.496 e. The van der Waals surface area contributed by atoms with Gasteiger partial charge in [-0.2, -0.15) is 0 Å². The topological polar surface area (TPSA) is 93.1 Å².